The molecule has 1 N–H and O–H groups in total. The molecule has 0 bridgehead atoms. The summed E-state index contributed by atoms with van der Waals surface area (Å²) in [4.78, 5) is 10.4. The normalized spacial score (nSPS) is 25.1. The lowest BCUT2D eigenvalue weighted by Crippen LogP contribution is -2.30. The van der Waals surface area contributed by atoms with Crippen LogP contribution in [-0.2, 0) is 4.79 Å². The van der Waals surface area contributed by atoms with Gasteiger partial charge in [-0.05, 0) is 25.7 Å². The summed E-state index contributed by atoms with van der Waals surface area (Å²) < 4.78 is -0.778. The zero-order valence-corrected chi connectivity index (χ0v) is 6.19. The molecule has 1 unspecified atom stereocenters. The summed E-state index contributed by atoms with van der Waals surface area (Å²) in [6, 6.07) is 0. The minimum absolute atomic E-state index is 0.304. The fourth-order valence-electron chi connectivity index (χ4n) is 0.820. The number of thiol groups is 1. The molecule has 0 saturated heterocycles. The first-order valence-electron chi connectivity index (χ1n) is 3.01. The van der Waals surface area contributed by atoms with E-state index in [9.17, 15) is 4.79 Å². The van der Waals surface area contributed by atoms with Gasteiger partial charge in [-0.15, -0.1) is 0 Å². The van der Waals surface area contributed by atoms with Gasteiger partial charge in [-0.1, -0.05) is 0 Å². The Bertz CT molecular complexity index is 138. The maximum absolute atomic E-state index is 10.4. The molecule has 3 heteroatoms. The first kappa shape index (κ1) is 6.93. The van der Waals surface area contributed by atoms with Crippen LogP contribution in [0.2, 0.25) is 0 Å². The van der Waals surface area contributed by atoms with E-state index in [1.165, 1.54) is 0 Å². The van der Waals surface area contributed by atoms with Crippen LogP contribution in [0, 0.1) is 5.92 Å². The Kier molecular flexibility index (Phi) is 1.47. The molecule has 1 atom stereocenters. The number of aliphatic carboxylic acids is 1. The van der Waals surface area contributed by atoms with Crippen LogP contribution in [0.4, 0.5) is 0 Å². The van der Waals surface area contributed by atoms with Gasteiger partial charge in [0.25, 0.3) is 0 Å². The Morgan fingerprint density at radius 1 is 1.78 bits per heavy atom. The van der Waals surface area contributed by atoms with E-state index in [2.05, 4.69) is 12.6 Å². The fourth-order valence-corrected chi connectivity index (χ4v) is 1.08. The summed E-state index contributed by atoms with van der Waals surface area (Å²) in [6.45, 7) is 1.66. The van der Waals surface area contributed by atoms with Crippen molar-refractivity contribution in [1.29, 1.82) is 0 Å². The topological polar surface area (TPSA) is 37.3 Å². The SMILES string of the molecule is CC(S)(C(=O)O)C1CC1. The molecule has 0 aromatic heterocycles. The third-order valence-electron chi connectivity index (χ3n) is 1.81. The molecule has 1 saturated carbocycles. The molecule has 1 aliphatic carbocycles. The second-order valence-electron chi connectivity index (χ2n) is 2.73. The van der Waals surface area contributed by atoms with E-state index in [-0.39, 0.29) is 0 Å². The van der Waals surface area contributed by atoms with Crippen LogP contribution in [0.25, 0.3) is 0 Å². The Labute approximate surface area is 59.7 Å². The molecule has 1 aliphatic rings. The highest BCUT2D eigenvalue weighted by molar-refractivity contribution is 7.82. The summed E-state index contributed by atoms with van der Waals surface area (Å²) >= 11 is 4.04. The average Bonchev–Trinajstić information content (AvgIpc) is 2.42. The van der Waals surface area contributed by atoms with Gasteiger partial charge in [0.1, 0.15) is 4.75 Å². The first-order chi connectivity index (χ1) is 4.05. The number of hydrogen-bond acceptors (Lipinski definition) is 2. The number of carboxylic acid groups (broad SMARTS) is 1. The van der Waals surface area contributed by atoms with E-state index < -0.39 is 10.7 Å². The Morgan fingerprint density at radius 2 is 2.22 bits per heavy atom. The zero-order valence-electron chi connectivity index (χ0n) is 5.29. The molecule has 0 heterocycles. The van der Waals surface area contributed by atoms with Gasteiger partial charge in [-0.3, -0.25) is 4.79 Å². The second kappa shape index (κ2) is 1.90. The van der Waals surface area contributed by atoms with E-state index in [0.717, 1.165) is 12.8 Å². The van der Waals surface area contributed by atoms with Gasteiger partial charge >= 0.3 is 5.97 Å². The van der Waals surface area contributed by atoms with Gasteiger partial charge in [0.05, 0.1) is 0 Å². The molecule has 1 fully saturated rings. The zero-order chi connectivity index (χ0) is 7.07. The van der Waals surface area contributed by atoms with Gasteiger partial charge in [-0.2, -0.15) is 12.6 Å². The van der Waals surface area contributed by atoms with Crippen molar-refractivity contribution in [3.8, 4) is 0 Å². The second-order valence-corrected chi connectivity index (χ2v) is 3.66. The molecule has 0 aromatic carbocycles. The Hall–Kier alpha value is -0.180. The highest BCUT2D eigenvalue weighted by atomic mass is 32.1. The van der Waals surface area contributed by atoms with Gasteiger partial charge in [0.15, 0.2) is 0 Å². The highest BCUT2D eigenvalue weighted by Gasteiger charge is 2.44. The highest BCUT2D eigenvalue weighted by Crippen LogP contribution is 2.43. The molecule has 0 aliphatic heterocycles. The minimum Gasteiger partial charge on any atom is -0.480 e. The predicted octanol–water partition coefficient (Wildman–Crippen LogP) is 1.17. The van der Waals surface area contributed by atoms with Gasteiger partial charge < -0.3 is 5.11 Å². The first-order valence-corrected chi connectivity index (χ1v) is 3.45. The molecule has 9 heavy (non-hydrogen) atoms. The van der Waals surface area contributed by atoms with Crippen molar-refractivity contribution in [2.45, 2.75) is 24.5 Å². The van der Waals surface area contributed by atoms with E-state index in [1.54, 1.807) is 6.92 Å². The number of carboxylic acids is 1. The van der Waals surface area contributed by atoms with Crippen molar-refractivity contribution < 1.29 is 9.90 Å². The largest absolute Gasteiger partial charge is 0.480 e. The average molecular weight is 146 g/mol. The molecule has 0 radical (unpaired) electrons. The molecule has 0 spiro atoms. The van der Waals surface area contributed by atoms with Crippen LogP contribution < -0.4 is 0 Å². The summed E-state index contributed by atoms with van der Waals surface area (Å²) in [6.07, 6.45) is 2.04. The Morgan fingerprint density at radius 3 is 2.33 bits per heavy atom. The lowest BCUT2D eigenvalue weighted by molar-refractivity contribution is -0.139. The van der Waals surface area contributed by atoms with Crippen molar-refractivity contribution in [2.24, 2.45) is 5.92 Å². The number of rotatable bonds is 2. The molecular formula is C6H10O2S. The van der Waals surface area contributed by atoms with E-state index >= 15 is 0 Å². The van der Waals surface area contributed by atoms with Crippen molar-refractivity contribution in [1.82, 2.24) is 0 Å². The summed E-state index contributed by atoms with van der Waals surface area (Å²) in [7, 11) is 0. The minimum atomic E-state index is -0.798. The quantitative estimate of drug-likeness (QED) is 0.574. The molecule has 1 rings (SSSR count). The lowest BCUT2D eigenvalue weighted by atomic mass is 10.1. The standard InChI is InChI=1S/C6H10O2S/c1-6(9,5(7)8)4-2-3-4/h4,9H,2-3H2,1H3,(H,7,8). The van der Waals surface area contributed by atoms with E-state index in [4.69, 9.17) is 5.11 Å². The van der Waals surface area contributed by atoms with Crippen LogP contribution in [-0.4, -0.2) is 15.8 Å². The van der Waals surface area contributed by atoms with Crippen LogP contribution in [0.1, 0.15) is 19.8 Å². The molecule has 2 nitrogen and oxygen atoms in total. The van der Waals surface area contributed by atoms with Crippen LogP contribution in [0.15, 0.2) is 0 Å². The van der Waals surface area contributed by atoms with Crippen LogP contribution in [0.5, 0.6) is 0 Å². The third-order valence-corrected chi connectivity index (χ3v) is 2.36. The molecule has 52 valence electrons. The van der Waals surface area contributed by atoms with Crippen molar-refractivity contribution >= 4 is 18.6 Å². The summed E-state index contributed by atoms with van der Waals surface area (Å²) in [5.41, 5.74) is 0. The maximum Gasteiger partial charge on any atom is 0.319 e. The van der Waals surface area contributed by atoms with Gasteiger partial charge in [0, 0.05) is 0 Å². The summed E-state index contributed by atoms with van der Waals surface area (Å²) in [5, 5.41) is 8.58. The van der Waals surface area contributed by atoms with Crippen molar-refractivity contribution in [3.05, 3.63) is 0 Å². The van der Waals surface area contributed by atoms with Gasteiger partial charge in [0.2, 0.25) is 0 Å². The fraction of sp³-hybridized carbons (Fsp3) is 0.833. The smallest absolute Gasteiger partial charge is 0.319 e. The molecule has 0 aromatic rings. The van der Waals surface area contributed by atoms with Crippen LogP contribution in [0.3, 0.4) is 0 Å². The number of hydrogen-bond donors (Lipinski definition) is 2. The van der Waals surface area contributed by atoms with Crippen LogP contribution >= 0.6 is 12.6 Å². The monoisotopic (exact) mass is 146 g/mol. The summed E-state index contributed by atoms with van der Waals surface area (Å²) in [5.74, 6) is -0.494. The maximum atomic E-state index is 10.4. The van der Waals surface area contributed by atoms with Crippen molar-refractivity contribution in [2.75, 3.05) is 0 Å². The van der Waals surface area contributed by atoms with Crippen molar-refractivity contribution in [3.63, 3.8) is 0 Å². The molecular weight excluding hydrogens is 136 g/mol. The van der Waals surface area contributed by atoms with E-state index in [0.29, 0.717) is 5.92 Å². The molecule has 0 amide bonds. The number of carbonyl (C=O) groups is 1. The predicted molar refractivity (Wildman–Crippen MR) is 37.8 cm³/mol. The Balaban J connectivity index is 2.59. The van der Waals surface area contributed by atoms with E-state index in [1.807, 2.05) is 0 Å². The lowest BCUT2D eigenvalue weighted by Gasteiger charge is -2.15. The third kappa shape index (κ3) is 1.21. The van der Waals surface area contributed by atoms with Gasteiger partial charge in [-0.25, -0.2) is 0 Å².